The summed E-state index contributed by atoms with van der Waals surface area (Å²) in [6.07, 6.45) is 6.94. The standard InChI is InChI=1S/C19H24N2O2S/c1-14-12-16(19(23)21-8-10-24-11-9-21)6-7-17(14)20-18(22)13-15-4-2-3-5-15/h2,4,6-7,12,15H,3,5,8-11,13H2,1H3,(H,20,22)/t15-/m1/s1. The van der Waals surface area contributed by atoms with Crippen LogP contribution in [0.25, 0.3) is 0 Å². The van der Waals surface area contributed by atoms with E-state index < -0.39 is 0 Å². The molecule has 2 amide bonds. The van der Waals surface area contributed by atoms with Gasteiger partial charge >= 0.3 is 0 Å². The molecule has 2 aliphatic rings. The summed E-state index contributed by atoms with van der Waals surface area (Å²) in [6.45, 7) is 3.57. The Kier molecular flexibility index (Phi) is 5.61. The SMILES string of the molecule is Cc1cc(C(=O)N2CCSCC2)ccc1NC(=O)C[C@@H]1C=CCC1. The average molecular weight is 344 g/mol. The molecular formula is C19H24N2O2S. The lowest BCUT2D eigenvalue weighted by atomic mass is 10.0. The van der Waals surface area contributed by atoms with Crippen molar-refractivity contribution in [2.45, 2.75) is 26.2 Å². The molecule has 0 unspecified atom stereocenters. The van der Waals surface area contributed by atoms with Crippen LogP contribution in [0.15, 0.2) is 30.4 Å². The fourth-order valence-corrected chi connectivity index (χ4v) is 4.09. The van der Waals surface area contributed by atoms with Gasteiger partial charge in [-0.2, -0.15) is 11.8 Å². The molecule has 0 bridgehead atoms. The van der Waals surface area contributed by atoms with Crippen molar-refractivity contribution < 1.29 is 9.59 Å². The van der Waals surface area contributed by atoms with Crippen LogP contribution in [0.1, 0.15) is 35.2 Å². The predicted octanol–water partition coefficient (Wildman–Crippen LogP) is 3.48. The highest BCUT2D eigenvalue weighted by Crippen LogP contribution is 2.23. The van der Waals surface area contributed by atoms with Crippen LogP contribution in [-0.4, -0.2) is 41.3 Å². The number of nitrogens with zero attached hydrogens (tertiary/aromatic N) is 1. The Labute approximate surface area is 147 Å². The van der Waals surface area contributed by atoms with Crippen molar-refractivity contribution in [1.29, 1.82) is 0 Å². The molecule has 1 atom stereocenters. The van der Waals surface area contributed by atoms with Crippen molar-refractivity contribution in [2.75, 3.05) is 29.9 Å². The molecule has 1 aliphatic carbocycles. The third kappa shape index (κ3) is 4.20. The molecule has 1 aromatic rings. The van der Waals surface area contributed by atoms with E-state index >= 15 is 0 Å². The summed E-state index contributed by atoms with van der Waals surface area (Å²) < 4.78 is 0. The van der Waals surface area contributed by atoms with E-state index in [0.29, 0.717) is 17.9 Å². The Hall–Kier alpha value is -1.75. The van der Waals surface area contributed by atoms with Crippen molar-refractivity contribution in [2.24, 2.45) is 5.92 Å². The summed E-state index contributed by atoms with van der Waals surface area (Å²) in [5, 5.41) is 2.98. The molecule has 5 heteroatoms. The quantitative estimate of drug-likeness (QED) is 0.851. The van der Waals surface area contributed by atoms with Crippen molar-refractivity contribution in [3.05, 3.63) is 41.5 Å². The Bertz CT molecular complexity index is 651. The van der Waals surface area contributed by atoms with Gasteiger partial charge in [0.2, 0.25) is 5.91 Å². The first-order valence-electron chi connectivity index (χ1n) is 8.57. The maximum absolute atomic E-state index is 12.5. The van der Waals surface area contributed by atoms with Gasteiger partial charge in [0.15, 0.2) is 0 Å². The molecule has 1 saturated heterocycles. The van der Waals surface area contributed by atoms with E-state index in [2.05, 4.69) is 17.5 Å². The largest absolute Gasteiger partial charge is 0.337 e. The van der Waals surface area contributed by atoms with Crippen molar-refractivity contribution >= 4 is 29.3 Å². The Morgan fingerprint density at radius 1 is 1.29 bits per heavy atom. The molecule has 1 aliphatic heterocycles. The summed E-state index contributed by atoms with van der Waals surface area (Å²) in [6, 6.07) is 5.56. The Morgan fingerprint density at radius 2 is 2.08 bits per heavy atom. The highest BCUT2D eigenvalue weighted by atomic mass is 32.2. The zero-order valence-electron chi connectivity index (χ0n) is 14.1. The van der Waals surface area contributed by atoms with Crippen LogP contribution in [-0.2, 0) is 4.79 Å². The first-order valence-corrected chi connectivity index (χ1v) is 9.73. The number of carbonyl (C=O) groups excluding carboxylic acids is 2. The number of hydrogen-bond donors (Lipinski definition) is 1. The summed E-state index contributed by atoms with van der Waals surface area (Å²) in [5.41, 5.74) is 2.44. The average Bonchev–Trinajstić information content (AvgIpc) is 3.09. The minimum absolute atomic E-state index is 0.0433. The highest BCUT2D eigenvalue weighted by molar-refractivity contribution is 7.99. The first-order chi connectivity index (χ1) is 11.6. The van der Waals surface area contributed by atoms with Crippen molar-refractivity contribution in [3.63, 3.8) is 0 Å². The smallest absolute Gasteiger partial charge is 0.253 e. The summed E-state index contributed by atoms with van der Waals surface area (Å²) in [5.74, 6) is 2.51. The van der Waals surface area contributed by atoms with Gasteiger partial charge in [-0.15, -0.1) is 0 Å². The summed E-state index contributed by atoms with van der Waals surface area (Å²) in [4.78, 5) is 26.6. The second-order valence-electron chi connectivity index (χ2n) is 6.45. The second kappa shape index (κ2) is 7.88. The van der Waals surface area contributed by atoms with Crippen molar-refractivity contribution in [1.82, 2.24) is 4.90 Å². The van der Waals surface area contributed by atoms with Gasteiger partial charge in [-0.3, -0.25) is 9.59 Å². The molecule has 3 rings (SSSR count). The van der Waals surface area contributed by atoms with Crippen LogP contribution in [0.2, 0.25) is 0 Å². The van der Waals surface area contributed by atoms with E-state index in [4.69, 9.17) is 0 Å². The van der Waals surface area contributed by atoms with Gasteiger partial charge in [-0.05, 0) is 49.4 Å². The van der Waals surface area contributed by atoms with Gasteiger partial charge in [-0.1, -0.05) is 12.2 Å². The van der Waals surface area contributed by atoms with E-state index in [9.17, 15) is 9.59 Å². The lowest BCUT2D eigenvalue weighted by Crippen LogP contribution is -2.37. The van der Waals surface area contributed by atoms with Crippen LogP contribution in [0, 0.1) is 12.8 Å². The third-order valence-electron chi connectivity index (χ3n) is 4.61. The number of allylic oxidation sites excluding steroid dienone is 2. The van der Waals surface area contributed by atoms with Gasteiger partial charge in [0.05, 0.1) is 0 Å². The van der Waals surface area contributed by atoms with Gasteiger partial charge in [0.1, 0.15) is 0 Å². The monoisotopic (exact) mass is 344 g/mol. The topological polar surface area (TPSA) is 49.4 Å². The van der Waals surface area contributed by atoms with Crippen LogP contribution < -0.4 is 5.32 Å². The molecule has 1 aromatic carbocycles. The summed E-state index contributed by atoms with van der Waals surface area (Å²) >= 11 is 1.89. The van der Waals surface area contributed by atoms with Gasteiger partial charge < -0.3 is 10.2 Å². The second-order valence-corrected chi connectivity index (χ2v) is 7.68. The molecule has 1 N–H and O–H groups in total. The number of hydrogen-bond acceptors (Lipinski definition) is 3. The molecular weight excluding hydrogens is 320 g/mol. The number of benzene rings is 1. The lowest BCUT2D eigenvalue weighted by molar-refractivity contribution is -0.116. The van der Waals surface area contributed by atoms with Gasteiger partial charge in [0.25, 0.3) is 5.91 Å². The molecule has 24 heavy (non-hydrogen) atoms. The number of amides is 2. The zero-order valence-corrected chi connectivity index (χ0v) is 14.9. The molecule has 0 spiro atoms. The van der Waals surface area contributed by atoms with Gasteiger partial charge in [-0.25, -0.2) is 0 Å². The fraction of sp³-hybridized carbons (Fsp3) is 0.474. The molecule has 1 heterocycles. The fourth-order valence-electron chi connectivity index (χ4n) is 3.19. The van der Waals surface area contributed by atoms with E-state index in [-0.39, 0.29) is 11.8 Å². The number of anilines is 1. The first kappa shape index (κ1) is 17.1. The number of rotatable bonds is 4. The number of thioether (sulfide) groups is 1. The normalized spacial score (nSPS) is 20.2. The molecule has 0 saturated carbocycles. The molecule has 128 valence electrons. The van der Waals surface area contributed by atoms with Crippen LogP contribution in [0.3, 0.4) is 0 Å². The Balaban J connectivity index is 1.62. The van der Waals surface area contributed by atoms with E-state index in [1.807, 2.05) is 41.8 Å². The van der Waals surface area contributed by atoms with E-state index in [1.54, 1.807) is 0 Å². The third-order valence-corrected chi connectivity index (χ3v) is 5.55. The van der Waals surface area contributed by atoms with Crippen LogP contribution >= 0.6 is 11.8 Å². The predicted molar refractivity (Wildman–Crippen MR) is 99.5 cm³/mol. The maximum Gasteiger partial charge on any atom is 0.253 e. The van der Waals surface area contributed by atoms with E-state index in [0.717, 1.165) is 48.7 Å². The van der Waals surface area contributed by atoms with Crippen LogP contribution in [0.5, 0.6) is 0 Å². The zero-order chi connectivity index (χ0) is 16.9. The molecule has 0 aromatic heterocycles. The lowest BCUT2D eigenvalue weighted by Gasteiger charge is -2.26. The maximum atomic E-state index is 12.5. The minimum atomic E-state index is 0.0433. The van der Waals surface area contributed by atoms with Gasteiger partial charge in [0, 0.05) is 42.3 Å². The number of aryl methyl sites for hydroxylation is 1. The van der Waals surface area contributed by atoms with Crippen LogP contribution in [0.4, 0.5) is 5.69 Å². The number of nitrogens with one attached hydrogen (secondary N) is 1. The summed E-state index contributed by atoms with van der Waals surface area (Å²) in [7, 11) is 0. The minimum Gasteiger partial charge on any atom is -0.337 e. The van der Waals surface area contributed by atoms with E-state index in [1.165, 1.54) is 0 Å². The Morgan fingerprint density at radius 3 is 2.75 bits per heavy atom. The molecule has 1 fully saturated rings. The highest BCUT2D eigenvalue weighted by Gasteiger charge is 2.19. The van der Waals surface area contributed by atoms with Crippen molar-refractivity contribution in [3.8, 4) is 0 Å². The molecule has 4 nitrogen and oxygen atoms in total. The molecule has 0 radical (unpaired) electrons. The number of carbonyl (C=O) groups is 2.